The zero-order valence-corrected chi connectivity index (χ0v) is 17.6. The number of benzene rings is 1. The molecule has 1 aromatic carbocycles. The molecule has 0 aliphatic heterocycles. The van der Waals surface area contributed by atoms with E-state index in [1.165, 1.54) is 11.0 Å². The number of anilines is 1. The van der Waals surface area contributed by atoms with Gasteiger partial charge in [-0.3, -0.25) is 19.8 Å². The second-order valence-corrected chi connectivity index (χ2v) is 7.84. The highest BCUT2D eigenvalue weighted by Gasteiger charge is 2.28. The number of para-hydroxylation sites is 1. The van der Waals surface area contributed by atoms with E-state index in [-0.39, 0.29) is 19.1 Å². The van der Waals surface area contributed by atoms with Gasteiger partial charge >= 0.3 is 6.03 Å². The first kappa shape index (κ1) is 23.7. The average molecular weight is 424 g/mol. The van der Waals surface area contributed by atoms with Gasteiger partial charge in [-0.2, -0.15) is 0 Å². The van der Waals surface area contributed by atoms with Gasteiger partial charge in [0.1, 0.15) is 17.3 Å². The minimum Gasteiger partial charge on any atom is -0.335 e. The number of nitrogens with zero attached hydrogens (tertiary/aromatic N) is 1. The van der Waals surface area contributed by atoms with E-state index in [0.29, 0.717) is 18.4 Å². The Morgan fingerprint density at radius 3 is 2.33 bits per heavy atom. The zero-order chi connectivity index (χ0) is 22.3. The standard InChI is InChI=1S/C21H30F2N4O3/c1-4-27(11-18(28)25-20-15(22)8-6-9-16(20)23)12-19(29)26-21(30)24-17-10-5-7-13(2)14(17)3/h6,8-9,13-14,17H,4-5,7,10-12H2,1-3H3,(H,25,28)(H2,24,26,29,30)/t13-,14+,17+/m0/s1. The van der Waals surface area contributed by atoms with Gasteiger partial charge in [0, 0.05) is 6.04 Å². The first-order valence-corrected chi connectivity index (χ1v) is 10.3. The summed E-state index contributed by atoms with van der Waals surface area (Å²) in [6.07, 6.45) is 3.04. The zero-order valence-electron chi connectivity index (χ0n) is 17.6. The lowest BCUT2D eigenvalue weighted by molar-refractivity contribution is -0.122. The maximum atomic E-state index is 13.7. The Hall–Kier alpha value is -2.55. The van der Waals surface area contributed by atoms with Gasteiger partial charge in [-0.15, -0.1) is 0 Å². The van der Waals surface area contributed by atoms with Crippen molar-refractivity contribution in [2.75, 3.05) is 25.0 Å². The van der Waals surface area contributed by atoms with E-state index in [9.17, 15) is 23.2 Å². The summed E-state index contributed by atoms with van der Waals surface area (Å²) in [5, 5.41) is 7.32. The lowest BCUT2D eigenvalue weighted by atomic mass is 9.78. The van der Waals surface area contributed by atoms with Crippen molar-refractivity contribution in [1.82, 2.24) is 15.5 Å². The molecule has 1 aliphatic rings. The number of carbonyl (C=O) groups excluding carboxylic acids is 3. The van der Waals surface area contributed by atoms with Crippen LogP contribution in [-0.2, 0) is 9.59 Å². The molecule has 0 unspecified atom stereocenters. The SMILES string of the molecule is CCN(CC(=O)NC(=O)N[C@@H]1CCC[C@H](C)[C@H]1C)CC(=O)Nc1c(F)cccc1F. The number of carbonyl (C=O) groups is 3. The van der Waals surface area contributed by atoms with Crippen LogP contribution in [0.1, 0.15) is 40.0 Å². The molecule has 1 aliphatic carbocycles. The van der Waals surface area contributed by atoms with E-state index in [1.807, 2.05) is 0 Å². The predicted octanol–water partition coefficient (Wildman–Crippen LogP) is 2.88. The van der Waals surface area contributed by atoms with Crippen LogP contribution in [0.25, 0.3) is 0 Å². The van der Waals surface area contributed by atoms with Crippen molar-refractivity contribution in [1.29, 1.82) is 0 Å². The van der Waals surface area contributed by atoms with Crippen LogP contribution in [0.2, 0.25) is 0 Å². The first-order chi connectivity index (χ1) is 14.2. The molecule has 4 amide bonds. The Labute approximate surface area is 175 Å². The van der Waals surface area contributed by atoms with Crippen molar-refractivity contribution in [3.63, 3.8) is 0 Å². The van der Waals surface area contributed by atoms with E-state index in [4.69, 9.17) is 0 Å². The molecule has 166 valence electrons. The number of hydrogen-bond acceptors (Lipinski definition) is 4. The maximum Gasteiger partial charge on any atom is 0.321 e. The molecule has 7 nitrogen and oxygen atoms in total. The number of imide groups is 1. The van der Waals surface area contributed by atoms with Crippen molar-refractivity contribution in [3.05, 3.63) is 29.8 Å². The maximum absolute atomic E-state index is 13.7. The fourth-order valence-electron chi connectivity index (χ4n) is 3.64. The van der Waals surface area contributed by atoms with Gasteiger partial charge in [-0.05, 0) is 36.9 Å². The Morgan fingerprint density at radius 2 is 1.70 bits per heavy atom. The molecule has 30 heavy (non-hydrogen) atoms. The normalized spacial score (nSPS) is 21.2. The molecular formula is C21H30F2N4O3. The van der Waals surface area contributed by atoms with Crippen molar-refractivity contribution in [2.24, 2.45) is 11.8 Å². The number of rotatable bonds is 7. The van der Waals surface area contributed by atoms with E-state index in [1.54, 1.807) is 6.92 Å². The Morgan fingerprint density at radius 1 is 1.07 bits per heavy atom. The van der Waals surface area contributed by atoms with Crippen LogP contribution in [0.15, 0.2) is 18.2 Å². The minimum atomic E-state index is -0.882. The fourth-order valence-corrected chi connectivity index (χ4v) is 3.64. The second kappa shape index (κ2) is 11.0. The summed E-state index contributed by atoms with van der Waals surface area (Å²) in [6.45, 7) is 5.85. The highest BCUT2D eigenvalue weighted by molar-refractivity contribution is 5.96. The fraction of sp³-hybridized carbons (Fsp3) is 0.571. The molecule has 0 heterocycles. The highest BCUT2D eigenvalue weighted by Crippen LogP contribution is 2.29. The Kier molecular flexibility index (Phi) is 8.71. The van der Waals surface area contributed by atoms with Gasteiger partial charge in [0.05, 0.1) is 13.1 Å². The number of halogens is 2. The summed E-state index contributed by atoms with van der Waals surface area (Å²) >= 11 is 0. The molecule has 0 saturated heterocycles. The third-order valence-corrected chi connectivity index (χ3v) is 5.69. The second-order valence-electron chi connectivity index (χ2n) is 7.84. The van der Waals surface area contributed by atoms with Crippen LogP contribution < -0.4 is 16.0 Å². The smallest absolute Gasteiger partial charge is 0.321 e. The molecule has 1 saturated carbocycles. The van der Waals surface area contributed by atoms with Gasteiger partial charge in [-0.1, -0.05) is 39.7 Å². The third-order valence-electron chi connectivity index (χ3n) is 5.69. The van der Waals surface area contributed by atoms with Gasteiger partial charge in [0.25, 0.3) is 0 Å². The van der Waals surface area contributed by atoms with E-state index < -0.39 is 35.2 Å². The number of nitrogens with one attached hydrogen (secondary N) is 3. The molecule has 1 fully saturated rings. The largest absolute Gasteiger partial charge is 0.335 e. The monoisotopic (exact) mass is 424 g/mol. The first-order valence-electron chi connectivity index (χ1n) is 10.3. The van der Waals surface area contributed by atoms with Crippen LogP contribution in [0.4, 0.5) is 19.3 Å². The summed E-state index contributed by atoms with van der Waals surface area (Å²) in [7, 11) is 0. The van der Waals surface area contributed by atoms with Gasteiger partial charge < -0.3 is 10.6 Å². The molecule has 1 aromatic rings. The Bertz CT molecular complexity index is 754. The molecule has 2 rings (SSSR count). The van der Waals surface area contributed by atoms with Crippen molar-refractivity contribution in [2.45, 2.75) is 46.1 Å². The van der Waals surface area contributed by atoms with Crippen LogP contribution in [0.3, 0.4) is 0 Å². The molecule has 0 radical (unpaired) electrons. The topological polar surface area (TPSA) is 90.5 Å². The summed E-state index contributed by atoms with van der Waals surface area (Å²) in [4.78, 5) is 37.9. The molecule has 3 N–H and O–H groups in total. The van der Waals surface area contributed by atoms with Crippen LogP contribution in [0, 0.1) is 23.5 Å². The molecule has 3 atom stereocenters. The molecule has 0 aromatic heterocycles. The summed E-state index contributed by atoms with van der Waals surface area (Å²) < 4.78 is 27.3. The van der Waals surface area contributed by atoms with E-state index in [0.717, 1.165) is 31.4 Å². The minimum absolute atomic E-state index is 0.0188. The van der Waals surface area contributed by atoms with E-state index >= 15 is 0 Å². The number of urea groups is 1. The number of hydrogen-bond donors (Lipinski definition) is 3. The van der Waals surface area contributed by atoms with Gasteiger partial charge in [-0.25, -0.2) is 13.6 Å². The Balaban J connectivity index is 1.82. The molecule has 9 heteroatoms. The van der Waals surface area contributed by atoms with Crippen molar-refractivity contribution >= 4 is 23.5 Å². The third kappa shape index (κ3) is 6.76. The summed E-state index contributed by atoms with van der Waals surface area (Å²) in [5.74, 6) is -2.15. The highest BCUT2D eigenvalue weighted by atomic mass is 19.1. The lowest BCUT2D eigenvalue weighted by Gasteiger charge is -2.34. The summed E-state index contributed by atoms with van der Waals surface area (Å²) in [5.41, 5.74) is -0.529. The molecule has 0 spiro atoms. The predicted molar refractivity (Wildman–Crippen MR) is 110 cm³/mol. The molecular weight excluding hydrogens is 394 g/mol. The van der Waals surface area contributed by atoms with Crippen LogP contribution in [-0.4, -0.2) is 48.4 Å². The lowest BCUT2D eigenvalue weighted by Crippen LogP contribution is -2.51. The van der Waals surface area contributed by atoms with Crippen molar-refractivity contribution < 1.29 is 23.2 Å². The number of amides is 4. The average Bonchev–Trinajstić information content (AvgIpc) is 2.67. The van der Waals surface area contributed by atoms with Gasteiger partial charge in [0.15, 0.2) is 0 Å². The quantitative estimate of drug-likeness (QED) is 0.628. The molecule has 0 bridgehead atoms. The van der Waals surface area contributed by atoms with Crippen LogP contribution >= 0.6 is 0 Å². The van der Waals surface area contributed by atoms with Gasteiger partial charge in [0.2, 0.25) is 11.8 Å². The number of likely N-dealkylation sites (N-methyl/N-ethyl adjacent to an activating group) is 1. The van der Waals surface area contributed by atoms with Crippen LogP contribution in [0.5, 0.6) is 0 Å². The van der Waals surface area contributed by atoms with Crippen molar-refractivity contribution in [3.8, 4) is 0 Å². The summed E-state index contributed by atoms with van der Waals surface area (Å²) in [6, 6.07) is 2.74. The van der Waals surface area contributed by atoms with E-state index in [2.05, 4.69) is 29.8 Å².